The van der Waals surface area contributed by atoms with Gasteiger partial charge in [-0.05, 0) is 49.6 Å². The normalized spacial score (nSPS) is 17.7. The molecule has 4 rings (SSSR count). The van der Waals surface area contributed by atoms with Crippen molar-refractivity contribution in [2.45, 2.75) is 33.2 Å². The van der Waals surface area contributed by atoms with Crippen molar-refractivity contribution in [1.82, 2.24) is 20.1 Å². The maximum atomic E-state index is 13.8. The lowest BCUT2D eigenvalue weighted by Crippen LogP contribution is -2.49. The van der Waals surface area contributed by atoms with Crippen LogP contribution < -0.4 is 10.1 Å². The summed E-state index contributed by atoms with van der Waals surface area (Å²) in [4.78, 5) is 30.6. The quantitative estimate of drug-likeness (QED) is 0.547. The third kappa shape index (κ3) is 6.52. The highest BCUT2D eigenvalue weighted by Crippen LogP contribution is 2.37. The number of rotatable bonds is 9. The highest BCUT2D eigenvalue weighted by Gasteiger charge is 2.36. The second-order valence-electron chi connectivity index (χ2n) is 9.76. The van der Waals surface area contributed by atoms with Gasteiger partial charge in [0.2, 0.25) is 0 Å². The second kappa shape index (κ2) is 12.9. The SMILES string of the molecule is CCNC(=O)N(CCN1CCOCC1)CC(=O)N1N=C(c2ccc(C)c(C)c2)C[C@@H]1c1ccccc1OC. The fraction of sp³-hybridized carbons (Fsp3) is 0.483. The van der Waals surface area contributed by atoms with Gasteiger partial charge in [0.25, 0.3) is 5.91 Å². The van der Waals surface area contributed by atoms with E-state index in [2.05, 4.69) is 42.3 Å². The van der Waals surface area contributed by atoms with E-state index < -0.39 is 0 Å². The lowest BCUT2D eigenvalue weighted by atomic mass is 9.96. The number of aryl methyl sites for hydroxylation is 2. The van der Waals surface area contributed by atoms with Gasteiger partial charge in [0.15, 0.2) is 0 Å². The molecule has 0 spiro atoms. The fourth-order valence-corrected chi connectivity index (χ4v) is 4.86. The van der Waals surface area contributed by atoms with Crippen LogP contribution in [0.4, 0.5) is 4.79 Å². The lowest BCUT2D eigenvalue weighted by molar-refractivity contribution is -0.133. The van der Waals surface area contributed by atoms with E-state index in [4.69, 9.17) is 14.6 Å². The third-order valence-electron chi connectivity index (χ3n) is 7.24. The number of nitrogens with zero attached hydrogens (tertiary/aromatic N) is 4. The smallest absolute Gasteiger partial charge is 0.317 e. The first-order chi connectivity index (χ1) is 18.4. The van der Waals surface area contributed by atoms with Crippen LogP contribution in [0.25, 0.3) is 0 Å². The number of nitrogens with one attached hydrogen (secondary N) is 1. The molecule has 0 saturated carbocycles. The van der Waals surface area contributed by atoms with E-state index >= 15 is 0 Å². The number of para-hydroxylation sites is 1. The molecule has 38 heavy (non-hydrogen) atoms. The minimum absolute atomic E-state index is 0.0640. The number of benzene rings is 2. The fourth-order valence-electron chi connectivity index (χ4n) is 4.86. The van der Waals surface area contributed by atoms with Crippen LogP contribution in [-0.4, -0.2) is 92.1 Å². The molecule has 1 atom stereocenters. The van der Waals surface area contributed by atoms with Crippen LogP contribution in [0.2, 0.25) is 0 Å². The molecule has 0 aliphatic carbocycles. The molecule has 2 aromatic rings. The lowest BCUT2D eigenvalue weighted by Gasteiger charge is -2.31. The first-order valence-electron chi connectivity index (χ1n) is 13.3. The number of morpholine rings is 1. The van der Waals surface area contributed by atoms with Crippen LogP contribution in [0, 0.1) is 13.8 Å². The Kier molecular flexibility index (Phi) is 9.36. The van der Waals surface area contributed by atoms with Gasteiger partial charge in [-0.25, -0.2) is 9.80 Å². The number of methoxy groups -OCH3 is 1. The molecule has 204 valence electrons. The molecule has 1 N–H and O–H groups in total. The van der Waals surface area contributed by atoms with Crippen molar-refractivity contribution >= 4 is 17.6 Å². The molecule has 9 nitrogen and oxygen atoms in total. The van der Waals surface area contributed by atoms with Crippen LogP contribution in [0.15, 0.2) is 47.6 Å². The highest BCUT2D eigenvalue weighted by atomic mass is 16.5. The molecule has 9 heteroatoms. The Morgan fingerprint density at radius 1 is 1.13 bits per heavy atom. The van der Waals surface area contributed by atoms with E-state index in [0.29, 0.717) is 45.0 Å². The van der Waals surface area contributed by atoms with Gasteiger partial charge in [0, 0.05) is 44.7 Å². The average Bonchev–Trinajstić information content (AvgIpc) is 3.38. The number of amides is 3. The average molecular weight is 522 g/mol. The van der Waals surface area contributed by atoms with E-state index in [1.54, 1.807) is 17.0 Å². The largest absolute Gasteiger partial charge is 0.496 e. The second-order valence-corrected chi connectivity index (χ2v) is 9.76. The highest BCUT2D eigenvalue weighted by molar-refractivity contribution is 6.03. The van der Waals surface area contributed by atoms with E-state index in [1.807, 2.05) is 31.2 Å². The molecule has 0 bridgehead atoms. The summed E-state index contributed by atoms with van der Waals surface area (Å²) < 4.78 is 11.1. The summed E-state index contributed by atoms with van der Waals surface area (Å²) in [5.74, 6) is 0.479. The molecular weight excluding hydrogens is 482 g/mol. The molecule has 2 aromatic carbocycles. The van der Waals surface area contributed by atoms with Crippen molar-refractivity contribution in [1.29, 1.82) is 0 Å². The zero-order chi connectivity index (χ0) is 27.1. The Balaban J connectivity index is 1.60. The number of urea groups is 1. The van der Waals surface area contributed by atoms with Crippen molar-refractivity contribution in [3.05, 3.63) is 64.7 Å². The van der Waals surface area contributed by atoms with Gasteiger partial charge < -0.3 is 19.7 Å². The molecule has 0 radical (unpaired) electrons. The summed E-state index contributed by atoms with van der Waals surface area (Å²) in [7, 11) is 1.63. The summed E-state index contributed by atoms with van der Waals surface area (Å²) >= 11 is 0. The predicted molar refractivity (Wildman–Crippen MR) is 148 cm³/mol. The van der Waals surface area contributed by atoms with Gasteiger partial charge in [-0.2, -0.15) is 5.10 Å². The zero-order valence-corrected chi connectivity index (χ0v) is 22.9. The van der Waals surface area contributed by atoms with Crippen LogP contribution in [-0.2, 0) is 9.53 Å². The third-order valence-corrected chi connectivity index (χ3v) is 7.24. The summed E-state index contributed by atoms with van der Waals surface area (Å²) in [6, 6.07) is 13.4. The molecule has 2 heterocycles. The molecule has 1 saturated heterocycles. The first-order valence-corrected chi connectivity index (χ1v) is 13.3. The number of carbonyl (C=O) groups is 2. The minimum Gasteiger partial charge on any atom is -0.496 e. The van der Waals surface area contributed by atoms with Gasteiger partial charge in [0.1, 0.15) is 12.3 Å². The maximum Gasteiger partial charge on any atom is 0.317 e. The first kappa shape index (κ1) is 27.6. The maximum absolute atomic E-state index is 13.8. The van der Waals surface area contributed by atoms with Crippen molar-refractivity contribution in [2.75, 3.05) is 59.6 Å². The van der Waals surface area contributed by atoms with Gasteiger partial charge in [-0.15, -0.1) is 0 Å². The molecule has 0 unspecified atom stereocenters. The molecule has 0 aromatic heterocycles. The van der Waals surface area contributed by atoms with Gasteiger partial charge in [-0.1, -0.05) is 30.3 Å². The summed E-state index contributed by atoms with van der Waals surface area (Å²) in [5, 5.41) is 9.23. The minimum atomic E-state index is -0.328. The van der Waals surface area contributed by atoms with Gasteiger partial charge in [-0.3, -0.25) is 9.69 Å². The van der Waals surface area contributed by atoms with Crippen LogP contribution in [0.3, 0.4) is 0 Å². The summed E-state index contributed by atoms with van der Waals surface area (Å²) in [5.41, 5.74) is 5.11. The Hall–Kier alpha value is -3.43. The molecule has 3 amide bonds. The van der Waals surface area contributed by atoms with Crippen LogP contribution >= 0.6 is 0 Å². The van der Waals surface area contributed by atoms with Gasteiger partial charge in [0.05, 0.1) is 32.1 Å². The Morgan fingerprint density at radius 3 is 2.61 bits per heavy atom. The number of ether oxygens (including phenoxy) is 2. The zero-order valence-electron chi connectivity index (χ0n) is 22.9. The van der Waals surface area contributed by atoms with E-state index in [0.717, 1.165) is 29.9 Å². The Labute approximate surface area is 225 Å². The van der Waals surface area contributed by atoms with Crippen LogP contribution in [0.5, 0.6) is 5.75 Å². The van der Waals surface area contributed by atoms with Crippen molar-refractivity contribution in [3.8, 4) is 5.75 Å². The predicted octanol–water partition coefficient (Wildman–Crippen LogP) is 3.35. The van der Waals surface area contributed by atoms with Crippen LogP contribution in [0.1, 0.15) is 41.6 Å². The van der Waals surface area contributed by atoms with E-state index in [-0.39, 0.29) is 24.5 Å². The molecule has 1 fully saturated rings. The number of carbonyl (C=O) groups excluding carboxylic acids is 2. The Morgan fingerprint density at radius 2 is 1.89 bits per heavy atom. The number of hydrogen-bond acceptors (Lipinski definition) is 6. The van der Waals surface area contributed by atoms with E-state index in [9.17, 15) is 9.59 Å². The molecule has 2 aliphatic rings. The van der Waals surface area contributed by atoms with Crippen molar-refractivity contribution in [2.24, 2.45) is 5.10 Å². The Bertz CT molecular complexity index is 1160. The van der Waals surface area contributed by atoms with Gasteiger partial charge >= 0.3 is 6.03 Å². The summed E-state index contributed by atoms with van der Waals surface area (Å²) in [6.07, 6.45) is 0.559. The monoisotopic (exact) mass is 521 g/mol. The molecule has 2 aliphatic heterocycles. The summed E-state index contributed by atoms with van der Waals surface area (Å²) in [6.45, 7) is 10.6. The van der Waals surface area contributed by atoms with E-state index in [1.165, 1.54) is 11.1 Å². The number of hydrazone groups is 1. The topological polar surface area (TPSA) is 86.7 Å². The standard InChI is InChI=1S/C29H39N5O4/c1-5-30-29(36)33(13-12-32-14-16-38-17-15-32)20-28(35)34-26(24-8-6-7-9-27(24)37-4)19-25(31-34)23-11-10-21(2)22(3)18-23/h6-11,18,26H,5,12-17,19-20H2,1-4H3,(H,30,36)/t26-/m1/s1. The van der Waals surface area contributed by atoms with Crippen molar-refractivity contribution < 1.29 is 19.1 Å². The molecular formula is C29H39N5O4. The van der Waals surface area contributed by atoms with Crippen molar-refractivity contribution in [3.63, 3.8) is 0 Å². The number of hydrogen-bond donors (Lipinski definition) is 1.